The van der Waals surface area contributed by atoms with Crippen LogP contribution in [0.5, 0.6) is 5.75 Å². The molecular weight excluding hydrogens is 443 g/mol. The van der Waals surface area contributed by atoms with Crippen molar-refractivity contribution in [2.24, 2.45) is 0 Å². The Kier molecular flexibility index (Phi) is 7.83. The Balaban J connectivity index is 1.67. The summed E-state index contributed by atoms with van der Waals surface area (Å²) in [6, 6.07) is 4.51. The molecule has 3 rings (SSSR count). The lowest BCUT2D eigenvalue weighted by molar-refractivity contribution is -0.144. The number of alkyl halides is 3. The van der Waals surface area contributed by atoms with Crippen LogP contribution in [-0.2, 0) is 14.3 Å². The Morgan fingerprint density at radius 2 is 1.97 bits per heavy atom. The lowest BCUT2D eigenvalue weighted by atomic mass is 9.94. The van der Waals surface area contributed by atoms with Gasteiger partial charge in [0.1, 0.15) is 25.0 Å². The molecule has 2 aliphatic heterocycles. The van der Waals surface area contributed by atoms with Gasteiger partial charge in [-0.15, -0.1) is 0 Å². The van der Waals surface area contributed by atoms with Crippen molar-refractivity contribution in [1.29, 1.82) is 0 Å². The van der Waals surface area contributed by atoms with E-state index in [-0.39, 0.29) is 30.9 Å². The number of carbonyl (C=O) groups is 3. The summed E-state index contributed by atoms with van der Waals surface area (Å²) < 4.78 is 48.7. The van der Waals surface area contributed by atoms with Gasteiger partial charge in [-0.3, -0.25) is 14.4 Å². The molecule has 0 aliphatic carbocycles. The third kappa shape index (κ3) is 6.59. The molecule has 0 radical (unpaired) electrons. The van der Waals surface area contributed by atoms with E-state index >= 15 is 0 Å². The Bertz CT molecular complexity index is 893. The molecule has 3 amide bonds. The number of ether oxygens (including phenoxy) is 2. The Morgan fingerprint density at radius 1 is 1.21 bits per heavy atom. The van der Waals surface area contributed by atoms with Gasteiger partial charge >= 0.3 is 6.18 Å². The maximum atomic E-state index is 13.2. The number of nitrogens with one attached hydrogen (secondary N) is 2. The normalized spacial score (nSPS) is 22.9. The van der Waals surface area contributed by atoms with E-state index in [0.29, 0.717) is 42.7 Å². The first-order valence-corrected chi connectivity index (χ1v) is 10.9. The summed E-state index contributed by atoms with van der Waals surface area (Å²) >= 11 is 0. The number of fused-ring (bicyclic) bond motifs is 2. The number of benzene rings is 1. The Labute approximate surface area is 189 Å². The van der Waals surface area contributed by atoms with Crippen LogP contribution in [0, 0.1) is 0 Å². The minimum atomic E-state index is -4.48. The summed E-state index contributed by atoms with van der Waals surface area (Å²) in [5.41, 5.74) is 0.818. The first kappa shape index (κ1) is 24.8. The molecule has 1 fully saturated rings. The molecule has 2 heterocycles. The lowest BCUT2D eigenvalue weighted by Crippen LogP contribution is -2.54. The van der Waals surface area contributed by atoms with Crippen LogP contribution in [0.4, 0.5) is 18.9 Å². The van der Waals surface area contributed by atoms with E-state index in [1.165, 1.54) is 0 Å². The quantitative estimate of drug-likeness (QED) is 0.665. The molecule has 1 aromatic carbocycles. The molecule has 0 aromatic heterocycles. The smallest absolute Gasteiger partial charge is 0.405 e. The van der Waals surface area contributed by atoms with Crippen LogP contribution in [0.2, 0.25) is 0 Å². The van der Waals surface area contributed by atoms with Crippen molar-refractivity contribution in [2.45, 2.75) is 63.5 Å². The number of amides is 3. The fourth-order valence-electron chi connectivity index (χ4n) is 4.03. The number of carbonyl (C=O) groups excluding carboxylic acids is 3. The maximum absolute atomic E-state index is 13.2. The summed E-state index contributed by atoms with van der Waals surface area (Å²) in [5, 5.41) is 4.62. The van der Waals surface area contributed by atoms with Crippen LogP contribution >= 0.6 is 0 Å². The van der Waals surface area contributed by atoms with Crippen LogP contribution in [0.3, 0.4) is 0 Å². The first-order chi connectivity index (χ1) is 15.6. The molecule has 1 aromatic rings. The van der Waals surface area contributed by atoms with Gasteiger partial charge in [-0.2, -0.15) is 13.2 Å². The molecule has 0 unspecified atom stereocenters. The summed E-state index contributed by atoms with van der Waals surface area (Å²) in [5.74, 6) is -0.838. The van der Waals surface area contributed by atoms with Crippen LogP contribution in [0.25, 0.3) is 0 Å². The van der Waals surface area contributed by atoms with Gasteiger partial charge in [0.25, 0.3) is 5.91 Å². The zero-order valence-electron chi connectivity index (χ0n) is 18.5. The second-order valence-corrected chi connectivity index (χ2v) is 8.27. The van der Waals surface area contributed by atoms with Crippen molar-refractivity contribution in [3.8, 4) is 5.75 Å². The highest BCUT2D eigenvalue weighted by Crippen LogP contribution is 2.32. The van der Waals surface area contributed by atoms with Crippen molar-refractivity contribution < 1.29 is 37.0 Å². The Morgan fingerprint density at radius 3 is 2.67 bits per heavy atom. The summed E-state index contributed by atoms with van der Waals surface area (Å²) in [6.45, 7) is 0.620. The van der Waals surface area contributed by atoms with Crippen molar-refractivity contribution in [2.75, 3.05) is 25.5 Å². The van der Waals surface area contributed by atoms with Gasteiger partial charge in [0, 0.05) is 19.2 Å². The fraction of sp³-hybridized carbons (Fsp3) is 0.591. The molecule has 1 saturated heterocycles. The number of halogens is 3. The molecule has 0 spiro atoms. The highest BCUT2D eigenvalue weighted by molar-refractivity contribution is 5.99. The van der Waals surface area contributed by atoms with E-state index in [4.69, 9.17) is 9.47 Å². The van der Waals surface area contributed by atoms with Crippen molar-refractivity contribution in [3.05, 3.63) is 23.8 Å². The average Bonchev–Trinajstić information content (AvgIpc) is 2.75. The topological polar surface area (TPSA) is 97.0 Å². The van der Waals surface area contributed by atoms with E-state index < -0.39 is 30.8 Å². The van der Waals surface area contributed by atoms with Crippen LogP contribution in [0.1, 0.15) is 49.4 Å². The fourth-order valence-corrected chi connectivity index (χ4v) is 4.03. The van der Waals surface area contributed by atoms with Crippen LogP contribution in [-0.4, -0.2) is 67.2 Å². The van der Waals surface area contributed by atoms with E-state index in [1.807, 2.05) is 12.2 Å². The predicted octanol–water partition coefficient (Wildman–Crippen LogP) is 2.87. The van der Waals surface area contributed by atoms with Gasteiger partial charge in [0.05, 0.1) is 24.1 Å². The van der Waals surface area contributed by atoms with Gasteiger partial charge in [0.2, 0.25) is 11.8 Å². The third-order valence-electron chi connectivity index (χ3n) is 5.67. The van der Waals surface area contributed by atoms with Gasteiger partial charge in [-0.25, -0.2) is 0 Å². The molecule has 182 valence electrons. The van der Waals surface area contributed by atoms with E-state index in [1.54, 1.807) is 30.1 Å². The van der Waals surface area contributed by atoms with Crippen molar-refractivity contribution in [3.63, 3.8) is 0 Å². The number of hydrogen-bond acceptors (Lipinski definition) is 5. The second kappa shape index (κ2) is 10.4. The minimum absolute atomic E-state index is 0.109. The average molecular weight is 471 g/mol. The van der Waals surface area contributed by atoms with Crippen LogP contribution in [0.15, 0.2) is 18.2 Å². The summed E-state index contributed by atoms with van der Waals surface area (Å²) in [6.07, 6.45) is -3.78. The largest absolute Gasteiger partial charge is 0.490 e. The standard InChI is InChI=1S/C22H28F3N3O5/c1-3-4-19(29)27-13-5-8-17-15(9-13)21(31)28(2)16-7-6-14(33-18(16)11-32-17)10-20(30)26-12-22(23,24)25/h5,8-9,14,16,18H,3-4,6-7,10-12H2,1-2H3,(H,26,30)(H,27,29)/t14-,16+,18+/m0/s1. The van der Waals surface area contributed by atoms with E-state index in [9.17, 15) is 27.6 Å². The van der Waals surface area contributed by atoms with Gasteiger partial charge in [-0.05, 0) is 37.5 Å². The second-order valence-electron chi connectivity index (χ2n) is 8.27. The molecule has 0 bridgehead atoms. The number of rotatable bonds is 6. The first-order valence-electron chi connectivity index (χ1n) is 10.9. The lowest BCUT2D eigenvalue weighted by Gasteiger charge is -2.42. The Hall–Kier alpha value is -2.82. The number of anilines is 1. The number of nitrogens with zero attached hydrogens (tertiary/aromatic N) is 1. The van der Waals surface area contributed by atoms with Gasteiger partial charge < -0.3 is 25.0 Å². The van der Waals surface area contributed by atoms with Crippen molar-refractivity contribution in [1.82, 2.24) is 10.2 Å². The molecule has 3 atom stereocenters. The van der Waals surface area contributed by atoms with E-state index in [0.717, 1.165) is 0 Å². The molecule has 8 nitrogen and oxygen atoms in total. The monoisotopic (exact) mass is 471 g/mol. The third-order valence-corrected chi connectivity index (χ3v) is 5.67. The SMILES string of the molecule is CCCC(=O)Nc1ccc2c(c1)C(=O)N(C)[C@@H]1CC[C@@H](CC(=O)NCC(F)(F)F)O[C@@H]1CO2. The zero-order chi connectivity index (χ0) is 24.2. The maximum Gasteiger partial charge on any atom is 0.405 e. The summed E-state index contributed by atoms with van der Waals surface area (Å²) in [7, 11) is 1.65. The van der Waals surface area contributed by atoms with Gasteiger partial charge in [-0.1, -0.05) is 6.92 Å². The van der Waals surface area contributed by atoms with E-state index in [2.05, 4.69) is 5.32 Å². The molecule has 2 aliphatic rings. The number of hydrogen-bond donors (Lipinski definition) is 2. The van der Waals surface area contributed by atoms with Gasteiger partial charge in [0.15, 0.2) is 0 Å². The predicted molar refractivity (Wildman–Crippen MR) is 113 cm³/mol. The summed E-state index contributed by atoms with van der Waals surface area (Å²) in [4.78, 5) is 38.5. The van der Waals surface area contributed by atoms with Crippen LogP contribution < -0.4 is 15.4 Å². The highest BCUT2D eigenvalue weighted by atomic mass is 19.4. The molecular formula is C22H28F3N3O5. The molecule has 2 N–H and O–H groups in total. The molecule has 33 heavy (non-hydrogen) atoms. The molecule has 0 saturated carbocycles. The zero-order valence-corrected chi connectivity index (χ0v) is 18.5. The minimum Gasteiger partial charge on any atom is -0.490 e. The number of likely N-dealkylation sites (N-methyl/N-ethyl adjacent to an activating group) is 1. The molecule has 11 heteroatoms. The van der Waals surface area contributed by atoms with Crippen molar-refractivity contribution >= 4 is 23.4 Å². The highest BCUT2D eigenvalue weighted by Gasteiger charge is 2.39.